The van der Waals surface area contributed by atoms with E-state index in [1.54, 1.807) is 19.1 Å². The van der Waals surface area contributed by atoms with Crippen molar-refractivity contribution in [3.05, 3.63) is 26.6 Å². The van der Waals surface area contributed by atoms with Crippen LogP contribution in [0.15, 0.2) is 21.1 Å². The van der Waals surface area contributed by atoms with Crippen LogP contribution in [0.1, 0.15) is 12.0 Å². The third kappa shape index (κ3) is 3.57. The van der Waals surface area contributed by atoms with Crippen molar-refractivity contribution in [2.75, 3.05) is 20.7 Å². The molecule has 1 aliphatic heterocycles. The van der Waals surface area contributed by atoms with Gasteiger partial charge < -0.3 is 14.4 Å². The van der Waals surface area contributed by atoms with Gasteiger partial charge >= 0.3 is 0 Å². The van der Waals surface area contributed by atoms with E-state index in [1.807, 2.05) is 20.0 Å². The molecule has 0 spiro atoms. The molecule has 2 atom stereocenters. The number of ketones is 1. The Morgan fingerprint density at radius 3 is 2.45 bits per heavy atom. The Morgan fingerprint density at radius 2 is 1.91 bits per heavy atom. The summed E-state index contributed by atoms with van der Waals surface area (Å²) in [6, 6.07) is 3.89. The van der Waals surface area contributed by atoms with Crippen molar-refractivity contribution >= 4 is 51.4 Å². The highest BCUT2D eigenvalue weighted by Gasteiger charge is 2.35. The molecule has 0 N–H and O–H groups in total. The molecule has 1 saturated heterocycles. The molecule has 7 heteroatoms. The second-order valence-electron chi connectivity index (χ2n) is 5.67. The summed E-state index contributed by atoms with van der Waals surface area (Å²) < 4.78 is 6.95. The third-order valence-corrected chi connectivity index (χ3v) is 5.39. The van der Waals surface area contributed by atoms with Gasteiger partial charge in [-0.25, -0.2) is 0 Å². The Labute approximate surface area is 148 Å². The number of hydrogen-bond acceptors (Lipinski definition) is 3. The number of amides is 1. The van der Waals surface area contributed by atoms with Gasteiger partial charge in [-0.2, -0.15) is 0 Å². The third-order valence-electron chi connectivity index (χ3n) is 4.22. The van der Waals surface area contributed by atoms with E-state index in [1.165, 1.54) is 0 Å². The Morgan fingerprint density at radius 1 is 1.32 bits per heavy atom. The molecule has 1 aromatic carbocycles. The lowest BCUT2D eigenvalue weighted by atomic mass is 9.71. The molecule has 0 saturated carbocycles. The summed E-state index contributed by atoms with van der Waals surface area (Å²) in [6.45, 7) is 0.508. The van der Waals surface area contributed by atoms with Gasteiger partial charge in [-0.1, -0.05) is 0 Å². The predicted octanol–water partition coefficient (Wildman–Crippen LogP) is 2.23. The number of methoxy groups -OCH3 is 1. The summed E-state index contributed by atoms with van der Waals surface area (Å²) in [5.41, 5.74) is 0.993. The molecule has 4 nitrogen and oxygen atoms in total. The summed E-state index contributed by atoms with van der Waals surface area (Å²) in [5.74, 6) is 0.359. The van der Waals surface area contributed by atoms with Gasteiger partial charge in [0, 0.05) is 25.9 Å². The molecule has 1 fully saturated rings. The van der Waals surface area contributed by atoms with Crippen molar-refractivity contribution in [2.45, 2.75) is 18.7 Å². The Kier molecular flexibility index (Phi) is 5.72. The smallest absolute Gasteiger partial charge is 0.225 e. The van der Waals surface area contributed by atoms with E-state index in [2.05, 4.69) is 31.9 Å². The molecule has 0 radical (unpaired) electrons. The van der Waals surface area contributed by atoms with E-state index >= 15 is 0 Å². The summed E-state index contributed by atoms with van der Waals surface area (Å²) >= 11 is 6.95. The van der Waals surface area contributed by atoms with Crippen molar-refractivity contribution in [1.29, 1.82) is 0 Å². The van der Waals surface area contributed by atoms with Crippen molar-refractivity contribution in [1.82, 2.24) is 4.90 Å². The van der Waals surface area contributed by atoms with Crippen molar-refractivity contribution < 1.29 is 14.3 Å². The van der Waals surface area contributed by atoms with Gasteiger partial charge in [0.25, 0.3) is 0 Å². The minimum Gasteiger partial charge on any atom is -0.494 e. The maximum absolute atomic E-state index is 12.5. The average molecular weight is 431 g/mol. The molecule has 1 aromatic rings. The van der Waals surface area contributed by atoms with Crippen LogP contribution in [-0.4, -0.2) is 45.1 Å². The van der Waals surface area contributed by atoms with Crippen LogP contribution in [0.3, 0.4) is 0 Å². The first-order valence-corrected chi connectivity index (χ1v) is 8.73. The van der Waals surface area contributed by atoms with Gasteiger partial charge in [0.15, 0.2) is 0 Å². The number of carbonyl (C=O) groups is 2. The number of halogens is 2. The highest BCUT2D eigenvalue weighted by molar-refractivity contribution is 9.11. The fraction of sp³-hybridized carbons (Fsp3) is 0.467. The SMILES string of the molecule is BC1C(=O)CCN(C)C(=O)C1Cc1cc(Br)c(OC)c(Br)c1. The van der Waals surface area contributed by atoms with Gasteiger partial charge in [-0.15, -0.1) is 0 Å². The number of hydrogen-bond donors (Lipinski definition) is 0. The lowest BCUT2D eigenvalue weighted by Gasteiger charge is -2.23. The predicted molar refractivity (Wildman–Crippen MR) is 95.1 cm³/mol. The highest BCUT2D eigenvalue weighted by Crippen LogP contribution is 2.36. The van der Waals surface area contributed by atoms with Crippen LogP contribution in [0.25, 0.3) is 0 Å². The fourth-order valence-corrected chi connectivity index (χ4v) is 4.39. The molecule has 2 rings (SSSR count). The molecule has 1 heterocycles. The second kappa shape index (κ2) is 7.17. The zero-order chi connectivity index (χ0) is 16.4. The molecule has 0 bridgehead atoms. The average Bonchev–Trinajstić information content (AvgIpc) is 2.55. The summed E-state index contributed by atoms with van der Waals surface area (Å²) in [5, 5.41) is 0. The second-order valence-corrected chi connectivity index (χ2v) is 7.38. The minimum atomic E-state index is -0.313. The molecule has 2 unspecified atom stereocenters. The normalized spacial score (nSPS) is 22.6. The van der Waals surface area contributed by atoms with Gasteiger partial charge in [-0.3, -0.25) is 4.79 Å². The van der Waals surface area contributed by atoms with Crippen LogP contribution in [0.4, 0.5) is 0 Å². The van der Waals surface area contributed by atoms with Crippen molar-refractivity contribution in [3.63, 3.8) is 0 Å². The summed E-state index contributed by atoms with van der Waals surface area (Å²) in [6.07, 6.45) is 0.979. The number of likely N-dealkylation sites (tertiary alicyclic amines) is 1. The molecule has 0 aromatic heterocycles. The quantitative estimate of drug-likeness (QED) is 0.691. The number of benzene rings is 1. The van der Waals surface area contributed by atoms with Crippen LogP contribution in [0, 0.1) is 5.92 Å². The van der Waals surface area contributed by atoms with Crippen molar-refractivity contribution in [2.24, 2.45) is 5.92 Å². The van der Waals surface area contributed by atoms with Crippen LogP contribution >= 0.6 is 31.9 Å². The Balaban J connectivity index is 2.31. The van der Waals surface area contributed by atoms with E-state index in [0.717, 1.165) is 20.3 Å². The van der Waals surface area contributed by atoms with E-state index in [-0.39, 0.29) is 23.4 Å². The molecule has 118 valence electrons. The van der Waals surface area contributed by atoms with Gasteiger partial charge in [0.1, 0.15) is 19.4 Å². The molecule has 1 amide bonds. The lowest BCUT2D eigenvalue weighted by molar-refractivity contribution is -0.134. The molecular weight excluding hydrogens is 413 g/mol. The largest absolute Gasteiger partial charge is 0.494 e. The highest BCUT2D eigenvalue weighted by atomic mass is 79.9. The lowest BCUT2D eigenvalue weighted by Crippen LogP contribution is -2.34. The fourth-order valence-electron chi connectivity index (χ4n) is 2.78. The van der Waals surface area contributed by atoms with E-state index in [9.17, 15) is 9.59 Å². The number of Topliss-reactive ketones (excluding diaryl/α,β-unsaturated/α-hetero) is 1. The number of carbonyl (C=O) groups excluding carboxylic acids is 2. The van der Waals surface area contributed by atoms with Gasteiger partial charge in [-0.05, 0) is 61.8 Å². The number of nitrogens with zero attached hydrogens (tertiary/aromatic N) is 1. The zero-order valence-electron chi connectivity index (χ0n) is 12.9. The molecule has 1 aliphatic rings. The Bertz CT molecular complexity index is 585. The topological polar surface area (TPSA) is 46.6 Å². The summed E-state index contributed by atoms with van der Waals surface area (Å²) in [4.78, 5) is 26.3. The van der Waals surface area contributed by atoms with E-state index in [4.69, 9.17) is 4.74 Å². The minimum absolute atomic E-state index is 0.0430. The maximum Gasteiger partial charge on any atom is 0.225 e. The zero-order valence-corrected chi connectivity index (χ0v) is 16.0. The molecule has 0 aliphatic carbocycles. The maximum atomic E-state index is 12.5. The standard InChI is InChI=1S/C15H18BBr2NO3/c1-19-4-3-12(20)13(16)9(15(19)21)5-8-6-10(17)14(22-2)11(18)7-8/h6-7,9,13H,3-5,16H2,1-2H3. The first-order valence-electron chi connectivity index (χ1n) is 7.14. The van der Waals surface area contributed by atoms with Gasteiger partial charge in [0.2, 0.25) is 5.91 Å². The van der Waals surface area contributed by atoms with Crippen LogP contribution in [-0.2, 0) is 16.0 Å². The van der Waals surface area contributed by atoms with Gasteiger partial charge in [0.05, 0.1) is 16.1 Å². The van der Waals surface area contributed by atoms with Crippen LogP contribution in [0.2, 0.25) is 5.82 Å². The Hall–Kier alpha value is -0.815. The van der Waals surface area contributed by atoms with Crippen molar-refractivity contribution in [3.8, 4) is 5.75 Å². The van der Waals surface area contributed by atoms with E-state index in [0.29, 0.717) is 19.4 Å². The molecule has 22 heavy (non-hydrogen) atoms. The monoisotopic (exact) mass is 429 g/mol. The first kappa shape index (κ1) is 17.5. The summed E-state index contributed by atoms with van der Waals surface area (Å²) in [7, 11) is 5.23. The first-order chi connectivity index (χ1) is 10.3. The molecular formula is C15H18BBr2NO3. The van der Waals surface area contributed by atoms with Crippen LogP contribution in [0.5, 0.6) is 5.75 Å². The van der Waals surface area contributed by atoms with E-state index < -0.39 is 0 Å². The van der Waals surface area contributed by atoms with Crippen LogP contribution < -0.4 is 4.74 Å². The number of rotatable bonds is 3. The number of ether oxygens (including phenoxy) is 1.